The molecular formula is C20H23NO3S. The minimum Gasteiger partial charge on any atom is -0.491 e. The molecule has 0 amide bonds. The van der Waals surface area contributed by atoms with E-state index in [1.165, 1.54) is 10.4 Å². The van der Waals surface area contributed by atoms with E-state index in [4.69, 9.17) is 9.47 Å². The van der Waals surface area contributed by atoms with Gasteiger partial charge < -0.3 is 9.47 Å². The van der Waals surface area contributed by atoms with Gasteiger partial charge in [0.2, 0.25) is 0 Å². The Morgan fingerprint density at radius 3 is 3.08 bits per heavy atom. The van der Waals surface area contributed by atoms with E-state index >= 15 is 0 Å². The van der Waals surface area contributed by atoms with E-state index in [2.05, 4.69) is 23.3 Å². The molecule has 0 bridgehead atoms. The Bertz CT molecular complexity index is 770. The van der Waals surface area contributed by atoms with Gasteiger partial charge in [0.15, 0.2) is 5.78 Å². The molecule has 1 atom stereocenters. The highest BCUT2D eigenvalue weighted by Gasteiger charge is 2.25. The third-order valence-electron chi connectivity index (χ3n) is 5.02. The summed E-state index contributed by atoms with van der Waals surface area (Å²) in [5.41, 5.74) is 3.26. The Morgan fingerprint density at radius 1 is 1.32 bits per heavy atom. The van der Waals surface area contributed by atoms with Gasteiger partial charge in [-0.2, -0.15) is 0 Å². The summed E-state index contributed by atoms with van der Waals surface area (Å²) in [6.07, 6.45) is 1.46. The number of nitrogens with zero attached hydrogens (tertiary/aromatic N) is 1. The molecule has 0 N–H and O–H groups in total. The quantitative estimate of drug-likeness (QED) is 0.821. The van der Waals surface area contributed by atoms with E-state index in [-0.39, 0.29) is 11.9 Å². The summed E-state index contributed by atoms with van der Waals surface area (Å²) in [4.78, 5) is 15.7. The van der Waals surface area contributed by atoms with Crippen molar-refractivity contribution >= 4 is 17.1 Å². The monoisotopic (exact) mass is 357 g/mol. The van der Waals surface area contributed by atoms with Gasteiger partial charge >= 0.3 is 0 Å². The lowest BCUT2D eigenvalue weighted by molar-refractivity contribution is -0.0503. The van der Waals surface area contributed by atoms with Gasteiger partial charge in [-0.3, -0.25) is 9.69 Å². The molecule has 2 heterocycles. The van der Waals surface area contributed by atoms with Crippen molar-refractivity contribution in [1.82, 2.24) is 4.90 Å². The number of hydrogen-bond acceptors (Lipinski definition) is 5. The molecule has 1 fully saturated rings. The number of hydrogen-bond donors (Lipinski definition) is 0. The number of ketones is 1. The zero-order valence-electron chi connectivity index (χ0n) is 14.5. The molecule has 0 radical (unpaired) electrons. The number of Topliss-reactive ketones (excluding diaryl/α,β-unsaturated/α-hetero) is 1. The molecule has 0 saturated carbocycles. The maximum Gasteiger partial charge on any atom is 0.163 e. The van der Waals surface area contributed by atoms with Crippen molar-refractivity contribution in [1.29, 1.82) is 0 Å². The number of thiophene rings is 1. The lowest BCUT2D eigenvalue weighted by atomic mass is 10.1. The summed E-state index contributed by atoms with van der Waals surface area (Å²) in [5, 5.41) is 2.16. The van der Waals surface area contributed by atoms with Crippen LogP contribution in [0.15, 0.2) is 29.6 Å². The third kappa shape index (κ3) is 3.64. The van der Waals surface area contributed by atoms with Gasteiger partial charge in [-0.1, -0.05) is 12.1 Å². The Labute approximate surface area is 152 Å². The van der Waals surface area contributed by atoms with Crippen LogP contribution in [-0.2, 0) is 17.7 Å². The van der Waals surface area contributed by atoms with E-state index in [0.29, 0.717) is 13.0 Å². The van der Waals surface area contributed by atoms with Crippen molar-refractivity contribution in [2.45, 2.75) is 32.4 Å². The molecule has 132 valence electrons. The lowest BCUT2D eigenvalue weighted by Gasteiger charge is -2.32. The number of rotatable bonds is 5. The molecule has 1 aromatic carbocycles. The number of morpholine rings is 1. The first-order valence-corrected chi connectivity index (χ1v) is 9.73. The second-order valence-electron chi connectivity index (χ2n) is 6.77. The molecular weight excluding hydrogens is 334 g/mol. The molecule has 4 rings (SSSR count). The molecule has 4 nitrogen and oxygen atoms in total. The highest BCUT2D eigenvalue weighted by molar-refractivity contribution is 7.10. The van der Waals surface area contributed by atoms with Crippen LogP contribution in [-0.4, -0.2) is 43.1 Å². The maximum absolute atomic E-state index is 11.9. The summed E-state index contributed by atoms with van der Waals surface area (Å²) < 4.78 is 11.9. The summed E-state index contributed by atoms with van der Waals surface area (Å²) in [6.45, 7) is 6.27. The van der Waals surface area contributed by atoms with Crippen LogP contribution in [0.1, 0.15) is 32.8 Å². The average Bonchev–Trinajstić information content (AvgIpc) is 3.20. The standard InChI is InChI=1S/C20H23NO3S/c1-14-7-10-25-20(14)12-21-8-9-23-15(11-21)13-24-19-4-2-3-16-17(19)5-6-18(16)22/h2-4,7,10,15H,5-6,8-9,11-13H2,1H3. The van der Waals surface area contributed by atoms with Gasteiger partial charge in [0, 0.05) is 42.1 Å². The third-order valence-corrected chi connectivity index (χ3v) is 6.03. The molecule has 0 spiro atoms. The van der Waals surface area contributed by atoms with Gasteiger partial charge in [-0.05, 0) is 36.4 Å². The molecule has 1 aliphatic carbocycles. The SMILES string of the molecule is Cc1ccsc1CN1CCOC(COc2cccc3c2CCC3=O)C1. The molecule has 2 aromatic rings. The number of carbonyl (C=O) groups is 1. The van der Waals surface area contributed by atoms with Gasteiger partial charge in [0.1, 0.15) is 18.5 Å². The van der Waals surface area contributed by atoms with Crippen molar-refractivity contribution in [3.8, 4) is 5.75 Å². The highest BCUT2D eigenvalue weighted by Crippen LogP contribution is 2.30. The Balaban J connectivity index is 1.36. The zero-order valence-corrected chi connectivity index (χ0v) is 15.3. The normalized spacial score (nSPS) is 20.7. The van der Waals surface area contributed by atoms with Crippen LogP contribution in [0.4, 0.5) is 0 Å². The minimum absolute atomic E-state index is 0.0713. The van der Waals surface area contributed by atoms with Crippen molar-refractivity contribution in [2.24, 2.45) is 0 Å². The topological polar surface area (TPSA) is 38.8 Å². The van der Waals surface area contributed by atoms with Gasteiger partial charge in [0.05, 0.1) is 6.61 Å². The van der Waals surface area contributed by atoms with Crippen LogP contribution in [0.3, 0.4) is 0 Å². The minimum atomic E-state index is 0.0713. The molecule has 5 heteroatoms. The fourth-order valence-corrected chi connectivity index (χ4v) is 4.52. The number of carbonyl (C=O) groups excluding carboxylic acids is 1. The number of fused-ring (bicyclic) bond motifs is 1. The van der Waals surface area contributed by atoms with Crippen LogP contribution in [0.2, 0.25) is 0 Å². The van der Waals surface area contributed by atoms with Gasteiger partial charge in [-0.15, -0.1) is 11.3 Å². The summed E-state index contributed by atoms with van der Waals surface area (Å²) in [6, 6.07) is 7.95. The Kier molecular flexibility index (Phi) is 4.88. The van der Waals surface area contributed by atoms with E-state index in [0.717, 1.165) is 49.5 Å². The first kappa shape index (κ1) is 16.8. The molecule has 25 heavy (non-hydrogen) atoms. The molecule has 2 aliphatic rings. The number of benzene rings is 1. The predicted molar refractivity (Wildman–Crippen MR) is 98.7 cm³/mol. The van der Waals surface area contributed by atoms with E-state index in [9.17, 15) is 4.79 Å². The molecule has 1 saturated heterocycles. The van der Waals surface area contributed by atoms with Crippen molar-refractivity contribution in [2.75, 3.05) is 26.3 Å². The first-order valence-electron chi connectivity index (χ1n) is 8.85. The summed E-state index contributed by atoms with van der Waals surface area (Å²) in [5.74, 6) is 1.07. The largest absolute Gasteiger partial charge is 0.491 e. The van der Waals surface area contributed by atoms with Crippen LogP contribution in [0.25, 0.3) is 0 Å². The molecule has 1 aliphatic heterocycles. The Morgan fingerprint density at radius 2 is 2.24 bits per heavy atom. The second-order valence-corrected chi connectivity index (χ2v) is 7.77. The van der Waals surface area contributed by atoms with Crippen LogP contribution < -0.4 is 4.74 Å². The fourth-order valence-electron chi connectivity index (χ4n) is 3.57. The predicted octanol–water partition coefficient (Wildman–Crippen LogP) is 3.47. The Hall–Kier alpha value is -1.69. The summed E-state index contributed by atoms with van der Waals surface area (Å²) in [7, 11) is 0. The van der Waals surface area contributed by atoms with Gasteiger partial charge in [0.25, 0.3) is 0 Å². The van der Waals surface area contributed by atoms with Crippen molar-refractivity contribution in [3.05, 3.63) is 51.2 Å². The second kappa shape index (κ2) is 7.28. The van der Waals surface area contributed by atoms with Gasteiger partial charge in [-0.25, -0.2) is 0 Å². The molecule has 1 unspecified atom stereocenters. The van der Waals surface area contributed by atoms with Crippen LogP contribution in [0.5, 0.6) is 5.75 Å². The van der Waals surface area contributed by atoms with Crippen molar-refractivity contribution in [3.63, 3.8) is 0 Å². The average molecular weight is 357 g/mol. The summed E-state index contributed by atoms with van der Waals surface area (Å²) >= 11 is 1.82. The first-order chi connectivity index (χ1) is 12.2. The number of aryl methyl sites for hydroxylation is 1. The lowest BCUT2D eigenvalue weighted by Crippen LogP contribution is -2.44. The van der Waals surface area contributed by atoms with E-state index in [1.54, 1.807) is 0 Å². The van der Waals surface area contributed by atoms with Crippen molar-refractivity contribution < 1.29 is 14.3 Å². The van der Waals surface area contributed by atoms with Crippen LogP contribution in [0, 0.1) is 6.92 Å². The molecule has 1 aromatic heterocycles. The van der Waals surface area contributed by atoms with E-state index in [1.807, 2.05) is 29.5 Å². The smallest absolute Gasteiger partial charge is 0.163 e. The highest BCUT2D eigenvalue weighted by atomic mass is 32.1. The number of ether oxygens (including phenoxy) is 2. The van der Waals surface area contributed by atoms with Crippen LogP contribution >= 0.6 is 11.3 Å². The van der Waals surface area contributed by atoms with E-state index < -0.39 is 0 Å². The fraction of sp³-hybridized carbons (Fsp3) is 0.450. The zero-order chi connectivity index (χ0) is 17.2. The maximum atomic E-state index is 11.9.